The number of nitrogens with zero attached hydrogens (tertiary/aromatic N) is 1. The van der Waals surface area contributed by atoms with Crippen LogP contribution < -0.4 is 15.8 Å². The molecule has 0 saturated carbocycles. The molecule has 31 heavy (non-hydrogen) atoms. The summed E-state index contributed by atoms with van der Waals surface area (Å²) >= 11 is 0. The Hall–Kier alpha value is -3.68. The van der Waals surface area contributed by atoms with Gasteiger partial charge in [0, 0.05) is 11.6 Å². The molecule has 1 amide bonds. The van der Waals surface area contributed by atoms with E-state index < -0.39 is 12.0 Å². The number of hydrogen-bond acceptors (Lipinski definition) is 5. The van der Waals surface area contributed by atoms with Gasteiger partial charge in [-0.3, -0.25) is 4.79 Å². The number of phenolic OH excluding ortho intramolecular Hbond substituents is 1. The molecule has 0 aliphatic carbocycles. The van der Waals surface area contributed by atoms with Gasteiger partial charge in [-0.25, -0.2) is 15.6 Å². The lowest BCUT2D eigenvalue weighted by molar-refractivity contribution is -0.119. The van der Waals surface area contributed by atoms with Crippen LogP contribution in [-0.2, 0) is 4.79 Å². The highest BCUT2D eigenvalue weighted by Gasteiger charge is 2.55. The minimum absolute atomic E-state index is 0.0860. The molecule has 2 saturated heterocycles. The molecule has 3 aromatic carbocycles. The first kappa shape index (κ1) is 19.3. The summed E-state index contributed by atoms with van der Waals surface area (Å²) in [6.45, 7) is 0. The van der Waals surface area contributed by atoms with Gasteiger partial charge < -0.3 is 15.1 Å². The number of fused-ring (bicyclic) bond motifs is 1. The number of hydrogen-bond donors (Lipinski definition) is 4. The van der Waals surface area contributed by atoms with Gasteiger partial charge in [-0.15, -0.1) is 0 Å². The first-order chi connectivity index (χ1) is 15.0. The SMILES string of the molecule is O=C(O)c1ccc(N2C(=O)C3NNC(c4ccccc4)C3C2c2ccc(O)cc2)cc1. The van der Waals surface area contributed by atoms with E-state index in [-0.39, 0.29) is 35.2 Å². The first-order valence-corrected chi connectivity index (χ1v) is 10.1. The van der Waals surface area contributed by atoms with Gasteiger partial charge in [-0.1, -0.05) is 42.5 Å². The van der Waals surface area contributed by atoms with Crippen LogP contribution >= 0.6 is 0 Å². The van der Waals surface area contributed by atoms with E-state index in [9.17, 15) is 19.8 Å². The van der Waals surface area contributed by atoms with Crippen LogP contribution in [0.25, 0.3) is 0 Å². The second kappa shape index (κ2) is 7.54. The fraction of sp³-hybridized carbons (Fsp3) is 0.167. The second-order valence-corrected chi connectivity index (χ2v) is 7.83. The van der Waals surface area contributed by atoms with Crippen molar-refractivity contribution in [2.45, 2.75) is 18.1 Å². The predicted molar refractivity (Wildman–Crippen MR) is 114 cm³/mol. The van der Waals surface area contributed by atoms with Crippen LogP contribution in [0.3, 0.4) is 0 Å². The summed E-state index contributed by atoms with van der Waals surface area (Å²) < 4.78 is 0. The lowest BCUT2D eigenvalue weighted by atomic mass is 9.83. The Morgan fingerprint density at radius 2 is 1.45 bits per heavy atom. The third kappa shape index (κ3) is 3.24. The van der Waals surface area contributed by atoms with Crippen molar-refractivity contribution in [3.63, 3.8) is 0 Å². The Balaban J connectivity index is 1.61. The van der Waals surface area contributed by atoms with Gasteiger partial charge in [-0.2, -0.15) is 0 Å². The van der Waals surface area contributed by atoms with Crippen molar-refractivity contribution in [1.82, 2.24) is 10.9 Å². The van der Waals surface area contributed by atoms with E-state index in [0.717, 1.165) is 11.1 Å². The molecular formula is C24H21N3O4. The van der Waals surface area contributed by atoms with Gasteiger partial charge in [0.15, 0.2) is 0 Å². The fourth-order valence-electron chi connectivity index (χ4n) is 4.68. The molecule has 5 rings (SSSR count). The molecule has 2 heterocycles. The Bertz CT molecular complexity index is 1120. The molecule has 2 fully saturated rings. The first-order valence-electron chi connectivity index (χ1n) is 10.1. The summed E-state index contributed by atoms with van der Waals surface area (Å²) in [5, 5.41) is 19.0. The number of amides is 1. The maximum Gasteiger partial charge on any atom is 0.335 e. The molecule has 0 spiro atoms. The van der Waals surface area contributed by atoms with Crippen LogP contribution in [0.15, 0.2) is 78.9 Å². The molecule has 0 bridgehead atoms. The zero-order chi connectivity index (χ0) is 21.5. The number of hydrazine groups is 1. The lowest BCUT2D eigenvalue weighted by Crippen LogP contribution is -2.41. The number of aromatic carboxylic acids is 1. The average molecular weight is 415 g/mol. The van der Waals surface area contributed by atoms with Crippen LogP contribution in [0.5, 0.6) is 5.75 Å². The Morgan fingerprint density at radius 1 is 0.806 bits per heavy atom. The molecule has 2 aliphatic rings. The number of rotatable bonds is 4. The fourth-order valence-corrected chi connectivity index (χ4v) is 4.68. The topological polar surface area (TPSA) is 102 Å². The molecule has 0 aromatic heterocycles. The van der Waals surface area contributed by atoms with Crippen LogP contribution in [0.4, 0.5) is 5.69 Å². The monoisotopic (exact) mass is 415 g/mol. The van der Waals surface area contributed by atoms with Gasteiger partial charge >= 0.3 is 5.97 Å². The summed E-state index contributed by atoms with van der Waals surface area (Å²) in [5.74, 6) is -1.05. The quantitative estimate of drug-likeness (QED) is 0.523. The summed E-state index contributed by atoms with van der Waals surface area (Å²) in [4.78, 5) is 26.5. The zero-order valence-electron chi connectivity index (χ0n) is 16.5. The van der Waals surface area contributed by atoms with Gasteiger partial charge in [-0.05, 0) is 47.5 Å². The number of aromatic hydroxyl groups is 1. The van der Waals surface area contributed by atoms with Crippen molar-refractivity contribution in [1.29, 1.82) is 0 Å². The number of phenols is 1. The van der Waals surface area contributed by atoms with E-state index in [4.69, 9.17) is 0 Å². The van der Waals surface area contributed by atoms with E-state index in [1.54, 1.807) is 29.2 Å². The smallest absolute Gasteiger partial charge is 0.335 e. The molecule has 7 heteroatoms. The summed E-state index contributed by atoms with van der Waals surface area (Å²) in [7, 11) is 0. The number of carbonyl (C=O) groups excluding carboxylic acids is 1. The maximum atomic E-state index is 13.5. The molecule has 4 atom stereocenters. The normalized spacial score (nSPS) is 24.9. The number of benzene rings is 3. The van der Waals surface area contributed by atoms with Crippen LogP contribution in [0.2, 0.25) is 0 Å². The third-order valence-corrected chi connectivity index (χ3v) is 6.10. The molecule has 4 N–H and O–H groups in total. The maximum absolute atomic E-state index is 13.5. The van der Waals surface area contributed by atoms with Crippen molar-refractivity contribution >= 4 is 17.6 Å². The van der Waals surface area contributed by atoms with Crippen molar-refractivity contribution in [3.05, 3.63) is 95.6 Å². The lowest BCUT2D eigenvalue weighted by Gasteiger charge is -2.31. The van der Waals surface area contributed by atoms with Crippen LogP contribution in [0.1, 0.15) is 33.6 Å². The van der Waals surface area contributed by atoms with Crippen molar-refractivity contribution < 1.29 is 19.8 Å². The molecular weight excluding hydrogens is 394 g/mol. The largest absolute Gasteiger partial charge is 0.508 e. The molecule has 7 nitrogen and oxygen atoms in total. The summed E-state index contributed by atoms with van der Waals surface area (Å²) in [6, 6.07) is 22.4. The predicted octanol–water partition coefficient (Wildman–Crippen LogP) is 3.01. The number of carboxylic acid groups (broad SMARTS) is 1. The number of carboxylic acids is 1. The number of anilines is 1. The minimum atomic E-state index is -1.01. The zero-order valence-corrected chi connectivity index (χ0v) is 16.5. The molecule has 2 aliphatic heterocycles. The Kier molecular flexibility index (Phi) is 4.69. The van der Waals surface area contributed by atoms with Gasteiger partial charge in [0.25, 0.3) is 0 Å². The van der Waals surface area contributed by atoms with Crippen molar-refractivity contribution in [2.75, 3.05) is 4.90 Å². The highest BCUT2D eigenvalue weighted by atomic mass is 16.4. The van der Waals surface area contributed by atoms with E-state index >= 15 is 0 Å². The number of nitrogens with one attached hydrogen (secondary N) is 2. The van der Waals surface area contributed by atoms with Gasteiger partial charge in [0.05, 0.1) is 17.6 Å². The third-order valence-electron chi connectivity index (χ3n) is 6.10. The molecule has 4 unspecified atom stereocenters. The van der Waals surface area contributed by atoms with E-state index in [1.807, 2.05) is 42.5 Å². The summed E-state index contributed by atoms with van der Waals surface area (Å²) in [6.07, 6.45) is 0. The van der Waals surface area contributed by atoms with E-state index in [0.29, 0.717) is 5.69 Å². The summed E-state index contributed by atoms with van der Waals surface area (Å²) in [5.41, 5.74) is 9.23. The minimum Gasteiger partial charge on any atom is -0.508 e. The van der Waals surface area contributed by atoms with Gasteiger partial charge in [0.2, 0.25) is 5.91 Å². The molecule has 0 radical (unpaired) electrons. The standard InChI is InChI=1S/C24H21N3O4/c28-18-12-8-15(9-13-18)22-19-20(14-4-2-1-3-5-14)25-26-21(19)23(29)27(22)17-10-6-16(7-11-17)24(30)31/h1-13,19-22,25-26,28H,(H,30,31). The number of carbonyl (C=O) groups is 2. The van der Waals surface area contributed by atoms with Crippen LogP contribution in [0, 0.1) is 5.92 Å². The van der Waals surface area contributed by atoms with Crippen LogP contribution in [-0.4, -0.2) is 28.1 Å². The van der Waals surface area contributed by atoms with E-state index in [1.165, 1.54) is 12.1 Å². The van der Waals surface area contributed by atoms with Crippen molar-refractivity contribution in [3.8, 4) is 5.75 Å². The molecule has 156 valence electrons. The van der Waals surface area contributed by atoms with E-state index in [2.05, 4.69) is 10.9 Å². The molecule has 3 aromatic rings. The Labute approximate surface area is 178 Å². The average Bonchev–Trinajstić information content (AvgIpc) is 3.34. The highest BCUT2D eigenvalue weighted by molar-refractivity contribution is 6.01. The highest BCUT2D eigenvalue weighted by Crippen LogP contribution is 2.49. The van der Waals surface area contributed by atoms with Gasteiger partial charge in [0.1, 0.15) is 11.8 Å². The Morgan fingerprint density at radius 3 is 2.10 bits per heavy atom. The second-order valence-electron chi connectivity index (χ2n) is 7.83. The van der Waals surface area contributed by atoms with Crippen molar-refractivity contribution in [2.24, 2.45) is 5.92 Å².